The van der Waals surface area contributed by atoms with Gasteiger partial charge in [-0.15, -0.1) is 0 Å². The van der Waals surface area contributed by atoms with Crippen LogP contribution in [0.5, 0.6) is 11.6 Å². The number of fused-ring (bicyclic) bond motifs is 1. The van der Waals surface area contributed by atoms with E-state index in [9.17, 15) is 4.79 Å². The second-order valence-electron chi connectivity index (χ2n) is 6.37. The normalized spacial score (nSPS) is 15.8. The van der Waals surface area contributed by atoms with Crippen molar-refractivity contribution >= 4 is 5.97 Å². The molecule has 1 heterocycles. The number of esters is 1. The topological polar surface area (TPSA) is 77.1 Å². The number of H-pyrrole nitrogens is 1. The van der Waals surface area contributed by atoms with E-state index in [1.807, 2.05) is 12.1 Å². The van der Waals surface area contributed by atoms with Crippen molar-refractivity contribution in [2.45, 2.75) is 45.4 Å². The molecule has 23 heavy (non-hydrogen) atoms. The highest BCUT2D eigenvalue weighted by Gasteiger charge is 2.27. The van der Waals surface area contributed by atoms with Gasteiger partial charge in [-0.3, -0.25) is 0 Å². The van der Waals surface area contributed by atoms with Crippen LogP contribution in [-0.4, -0.2) is 28.0 Å². The molecule has 0 aliphatic heterocycles. The summed E-state index contributed by atoms with van der Waals surface area (Å²) in [5, 5.41) is 9.98. The van der Waals surface area contributed by atoms with Gasteiger partial charge in [-0.2, -0.15) is 0 Å². The highest BCUT2D eigenvalue weighted by molar-refractivity contribution is 5.89. The lowest BCUT2D eigenvalue weighted by Crippen LogP contribution is -2.23. The van der Waals surface area contributed by atoms with Crippen LogP contribution in [0.2, 0.25) is 0 Å². The van der Waals surface area contributed by atoms with Gasteiger partial charge in [0.15, 0.2) is 0 Å². The first-order valence-electron chi connectivity index (χ1n) is 7.90. The molecule has 0 amide bonds. The van der Waals surface area contributed by atoms with E-state index in [0.717, 1.165) is 6.42 Å². The molecule has 0 saturated carbocycles. The van der Waals surface area contributed by atoms with Gasteiger partial charge in [-0.1, -0.05) is 30.2 Å². The largest absolute Gasteiger partial charge is 0.461 e. The van der Waals surface area contributed by atoms with Gasteiger partial charge in [0, 0.05) is 0 Å². The van der Waals surface area contributed by atoms with E-state index in [0.29, 0.717) is 5.75 Å². The Morgan fingerprint density at radius 1 is 1.39 bits per heavy atom. The number of carbonyl (C=O) groups is 1. The number of aromatic nitrogens is 3. The van der Waals surface area contributed by atoms with Gasteiger partial charge in [0.2, 0.25) is 5.69 Å². The van der Waals surface area contributed by atoms with Crippen molar-refractivity contribution < 1.29 is 14.3 Å². The van der Waals surface area contributed by atoms with Gasteiger partial charge >= 0.3 is 5.97 Å². The summed E-state index contributed by atoms with van der Waals surface area (Å²) >= 11 is 0. The minimum atomic E-state index is -0.522. The predicted molar refractivity (Wildman–Crippen MR) is 84.8 cm³/mol. The molecule has 2 aromatic rings. The van der Waals surface area contributed by atoms with Crippen molar-refractivity contribution in [2.75, 3.05) is 6.61 Å². The fourth-order valence-corrected chi connectivity index (χ4v) is 3.09. The first-order valence-corrected chi connectivity index (χ1v) is 7.90. The van der Waals surface area contributed by atoms with E-state index in [-0.39, 0.29) is 23.6 Å². The van der Waals surface area contributed by atoms with Crippen LogP contribution in [0.15, 0.2) is 18.2 Å². The Balaban J connectivity index is 1.85. The SMILES string of the molecule is CCOC(=O)c1[nH]nnc1Oc1ccc2c(c1)CCCC2(C)C. The Hall–Kier alpha value is -2.37. The Bertz CT molecular complexity index is 722. The summed E-state index contributed by atoms with van der Waals surface area (Å²) in [5.74, 6) is 0.269. The van der Waals surface area contributed by atoms with E-state index < -0.39 is 5.97 Å². The van der Waals surface area contributed by atoms with E-state index in [2.05, 4.69) is 35.3 Å². The first kappa shape index (κ1) is 15.5. The fraction of sp³-hybridized carbons (Fsp3) is 0.471. The third kappa shape index (κ3) is 3.06. The number of benzene rings is 1. The van der Waals surface area contributed by atoms with Crippen molar-refractivity contribution in [3.8, 4) is 11.6 Å². The first-order chi connectivity index (χ1) is 11.0. The fourth-order valence-electron chi connectivity index (χ4n) is 3.09. The Morgan fingerprint density at radius 2 is 2.22 bits per heavy atom. The van der Waals surface area contributed by atoms with Crippen LogP contribution < -0.4 is 4.74 Å². The molecule has 0 radical (unpaired) electrons. The number of hydrogen-bond donors (Lipinski definition) is 1. The predicted octanol–water partition coefficient (Wildman–Crippen LogP) is 3.39. The Kier molecular flexibility index (Phi) is 4.07. The maximum atomic E-state index is 11.8. The van der Waals surface area contributed by atoms with Crippen LogP contribution in [0.1, 0.15) is 55.2 Å². The summed E-state index contributed by atoms with van der Waals surface area (Å²) in [5.41, 5.74) is 2.97. The molecule has 3 rings (SSSR count). The second kappa shape index (κ2) is 6.02. The molecule has 0 bridgehead atoms. The molecule has 0 atom stereocenters. The van der Waals surface area contributed by atoms with Crippen LogP contribution in [0.4, 0.5) is 0 Å². The maximum absolute atomic E-state index is 11.8. The lowest BCUT2D eigenvalue weighted by atomic mass is 9.73. The highest BCUT2D eigenvalue weighted by atomic mass is 16.5. The molecule has 1 aliphatic rings. The van der Waals surface area contributed by atoms with Crippen LogP contribution >= 0.6 is 0 Å². The average Bonchev–Trinajstić information content (AvgIpc) is 2.95. The second-order valence-corrected chi connectivity index (χ2v) is 6.37. The third-order valence-corrected chi connectivity index (χ3v) is 4.26. The third-order valence-electron chi connectivity index (χ3n) is 4.26. The van der Waals surface area contributed by atoms with Gasteiger partial charge in [0.1, 0.15) is 5.75 Å². The van der Waals surface area contributed by atoms with Crippen molar-refractivity contribution in [3.05, 3.63) is 35.0 Å². The van der Waals surface area contributed by atoms with Gasteiger partial charge in [-0.25, -0.2) is 9.89 Å². The summed E-state index contributed by atoms with van der Waals surface area (Å²) in [4.78, 5) is 11.8. The van der Waals surface area contributed by atoms with E-state index in [1.165, 1.54) is 24.0 Å². The van der Waals surface area contributed by atoms with Gasteiger partial charge < -0.3 is 9.47 Å². The number of ether oxygens (including phenoxy) is 2. The highest BCUT2D eigenvalue weighted by Crippen LogP contribution is 2.38. The average molecular weight is 315 g/mol. The molecular weight excluding hydrogens is 294 g/mol. The lowest BCUT2D eigenvalue weighted by molar-refractivity contribution is 0.0516. The number of aromatic amines is 1. The molecular formula is C17H21N3O3. The number of rotatable bonds is 4. The van der Waals surface area contributed by atoms with Crippen LogP contribution in [0.25, 0.3) is 0 Å². The van der Waals surface area contributed by atoms with E-state index >= 15 is 0 Å². The monoisotopic (exact) mass is 315 g/mol. The Morgan fingerprint density at radius 3 is 3.00 bits per heavy atom. The molecule has 1 aromatic carbocycles. The molecule has 0 spiro atoms. The molecule has 122 valence electrons. The molecule has 6 nitrogen and oxygen atoms in total. The van der Waals surface area contributed by atoms with Crippen LogP contribution in [0.3, 0.4) is 0 Å². The number of nitrogens with zero attached hydrogens (tertiary/aromatic N) is 2. The van der Waals surface area contributed by atoms with E-state index in [4.69, 9.17) is 9.47 Å². The zero-order valence-electron chi connectivity index (χ0n) is 13.7. The number of nitrogens with one attached hydrogen (secondary N) is 1. The van der Waals surface area contributed by atoms with Crippen LogP contribution in [-0.2, 0) is 16.6 Å². The van der Waals surface area contributed by atoms with Crippen molar-refractivity contribution in [2.24, 2.45) is 0 Å². The molecule has 1 N–H and O–H groups in total. The molecule has 1 aromatic heterocycles. The zero-order valence-corrected chi connectivity index (χ0v) is 13.7. The summed E-state index contributed by atoms with van der Waals surface area (Å²) in [6, 6.07) is 6.04. The van der Waals surface area contributed by atoms with Crippen LogP contribution in [0, 0.1) is 0 Å². The van der Waals surface area contributed by atoms with Crippen molar-refractivity contribution in [1.29, 1.82) is 0 Å². The van der Waals surface area contributed by atoms with Crippen molar-refractivity contribution in [3.63, 3.8) is 0 Å². The summed E-state index contributed by atoms with van der Waals surface area (Å²) in [7, 11) is 0. The quantitative estimate of drug-likeness (QED) is 0.875. The summed E-state index contributed by atoms with van der Waals surface area (Å²) in [6.07, 6.45) is 3.40. The van der Waals surface area contributed by atoms with Gasteiger partial charge in [0.25, 0.3) is 5.88 Å². The van der Waals surface area contributed by atoms with Crippen molar-refractivity contribution in [1.82, 2.24) is 15.4 Å². The minimum Gasteiger partial charge on any atom is -0.461 e. The van der Waals surface area contributed by atoms with Gasteiger partial charge in [0.05, 0.1) is 6.61 Å². The standard InChI is InChI=1S/C17H21N3O3/c1-4-22-16(21)14-15(19-20-18-14)23-12-7-8-13-11(10-12)6-5-9-17(13,2)3/h7-8,10H,4-6,9H2,1-3H3,(H,18,19,20). The van der Waals surface area contributed by atoms with E-state index in [1.54, 1.807) is 6.92 Å². The smallest absolute Gasteiger partial charge is 0.362 e. The lowest BCUT2D eigenvalue weighted by Gasteiger charge is -2.32. The zero-order chi connectivity index (χ0) is 16.4. The molecule has 0 unspecified atom stereocenters. The Labute approximate surface area is 135 Å². The number of aryl methyl sites for hydroxylation is 1. The number of carbonyl (C=O) groups excluding carboxylic acids is 1. The molecule has 1 aliphatic carbocycles. The minimum absolute atomic E-state index is 0.130. The summed E-state index contributed by atoms with van der Waals surface area (Å²) in [6.45, 7) is 6.56. The maximum Gasteiger partial charge on any atom is 0.362 e. The molecule has 0 fully saturated rings. The molecule has 0 saturated heterocycles. The van der Waals surface area contributed by atoms with Gasteiger partial charge in [-0.05, 0) is 54.9 Å². The number of hydrogen-bond acceptors (Lipinski definition) is 5. The summed E-state index contributed by atoms with van der Waals surface area (Å²) < 4.78 is 10.7. The molecule has 6 heteroatoms.